The quantitative estimate of drug-likeness (QED) is 0.527. The number of nitriles is 1. The molecule has 0 unspecified atom stereocenters. The molecule has 2 aromatic carbocycles. The van der Waals surface area contributed by atoms with Gasteiger partial charge in [0, 0.05) is 21.7 Å². The molecular formula is C21H17Cl2N3O. The topological polar surface area (TPSA) is 58.8 Å². The Balaban J connectivity index is 1.90. The van der Waals surface area contributed by atoms with Gasteiger partial charge in [0.2, 0.25) is 5.88 Å². The molecule has 27 heavy (non-hydrogen) atoms. The van der Waals surface area contributed by atoms with Gasteiger partial charge in [-0.15, -0.1) is 0 Å². The number of ether oxygens (including phenoxy) is 1. The fourth-order valence-electron chi connectivity index (χ4n) is 2.46. The number of benzene rings is 2. The molecule has 3 aromatic rings. The van der Waals surface area contributed by atoms with E-state index in [9.17, 15) is 0 Å². The number of nitrogens with zero attached hydrogens (tertiary/aromatic N) is 3. The van der Waals surface area contributed by atoms with E-state index in [0.717, 1.165) is 16.8 Å². The predicted octanol–water partition coefficient (Wildman–Crippen LogP) is 6.02. The second-order valence-electron chi connectivity index (χ2n) is 6.36. The van der Waals surface area contributed by atoms with Crippen LogP contribution < -0.4 is 4.74 Å². The fourth-order valence-corrected chi connectivity index (χ4v) is 2.98. The highest BCUT2D eigenvalue weighted by Gasteiger charge is 2.12. The lowest BCUT2D eigenvalue weighted by molar-refractivity contribution is 0.293. The second-order valence-corrected chi connectivity index (χ2v) is 7.24. The minimum absolute atomic E-state index is 0.207. The molecule has 0 fully saturated rings. The van der Waals surface area contributed by atoms with Crippen LogP contribution in [-0.2, 0) is 6.61 Å². The standard InChI is InChI=1S/C21H17Cl2N3O/c1-13(2)19-10-20(27-12-15-5-3-14(11-24)4-6-15)26-21(25-19)16-7-17(22)9-18(23)8-16/h3-10,13H,12H2,1-2H3. The van der Waals surface area contributed by atoms with Gasteiger partial charge in [0.25, 0.3) is 0 Å². The molecule has 0 bridgehead atoms. The van der Waals surface area contributed by atoms with Crippen LogP contribution in [0.5, 0.6) is 5.88 Å². The third kappa shape index (κ3) is 4.97. The van der Waals surface area contributed by atoms with Crippen LogP contribution in [0.15, 0.2) is 48.5 Å². The molecule has 0 saturated heterocycles. The summed E-state index contributed by atoms with van der Waals surface area (Å²) in [4.78, 5) is 9.13. The average Bonchev–Trinajstić information content (AvgIpc) is 2.65. The summed E-state index contributed by atoms with van der Waals surface area (Å²) in [6, 6.07) is 16.4. The molecule has 1 aromatic heterocycles. The van der Waals surface area contributed by atoms with E-state index in [-0.39, 0.29) is 5.92 Å². The van der Waals surface area contributed by atoms with E-state index in [0.29, 0.717) is 33.9 Å². The maximum atomic E-state index is 8.88. The van der Waals surface area contributed by atoms with Crippen LogP contribution >= 0.6 is 23.2 Å². The van der Waals surface area contributed by atoms with Gasteiger partial charge in [-0.2, -0.15) is 10.2 Å². The van der Waals surface area contributed by atoms with Crippen LogP contribution in [0.1, 0.15) is 36.6 Å². The number of hydrogen-bond acceptors (Lipinski definition) is 4. The molecule has 0 aliphatic carbocycles. The molecule has 0 saturated carbocycles. The summed E-state index contributed by atoms with van der Waals surface area (Å²) in [6.45, 7) is 4.46. The molecule has 1 heterocycles. The third-order valence-electron chi connectivity index (χ3n) is 3.90. The lowest BCUT2D eigenvalue weighted by Gasteiger charge is -2.12. The van der Waals surface area contributed by atoms with Crippen LogP contribution in [-0.4, -0.2) is 9.97 Å². The second kappa shape index (κ2) is 8.39. The largest absolute Gasteiger partial charge is 0.473 e. The minimum atomic E-state index is 0.207. The smallest absolute Gasteiger partial charge is 0.217 e. The van der Waals surface area contributed by atoms with Gasteiger partial charge in [-0.1, -0.05) is 49.2 Å². The van der Waals surface area contributed by atoms with Crippen molar-refractivity contribution < 1.29 is 4.74 Å². The Morgan fingerprint density at radius 3 is 2.26 bits per heavy atom. The van der Waals surface area contributed by atoms with Gasteiger partial charge in [0.05, 0.1) is 17.3 Å². The van der Waals surface area contributed by atoms with E-state index in [1.807, 2.05) is 18.2 Å². The lowest BCUT2D eigenvalue weighted by atomic mass is 10.1. The monoisotopic (exact) mass is 397 g/mol. The average molecular weight is 398 g/mol. The summed E-state index contributed by atoms with van der Waals surface area (Å²) >= 11 is 12.2. The maximum absolute atomic E-state index is 8.88. The lowest BCUT2D eigenvalue weighted by Crippen LogP contribution is -2.03. The Bertz CT molecular complexity index is 975. The third-order valence-corrected chi connectivity index (χ3v) is 4.34. The molecular weight excluding hydrogens is 381 g/mol. The molecule has 0 aliphatic heterocycles. The van der Waals surface area contributed by atoms with E-state index in [1.54, 1.807) is 30.3 Å². The van der Waals surface area contributed by atoms with E-state index in [1.165, 1.54) is 0 Å². The molecule has 0 amide bonds. The first-order valence-corrected chi connectivity index (χ1v) is 9.17. The Hall–Kier alpha value is -2.61. The molecule has 3 rings (SSSR count). The zero-order chi connectivity index (χ0) is 19.4. The zero-order valence-electron chi connectivity index (χ0n) is 14.9. The van der Waals surface area contributed by atoms with Crippen molar-refractivity contribution in [3.8, 4) is 23.3 Å². The Labute approximate surface area is 168 Å². The summed E-state index contributed by atoms with van der Waals surface area (Å²) in [5, 5.41) is 9.93. The molecule has 6 heteroatoms. The van der Waals surface area contributed by atoms with Gasteiger partial charge in [-0.25, -0.2) is 4.98 Å². The first-order valence-electron chi connectivity index (χ1n) is 8.42. The summed E-state index contributed by atoms with van der Waals surface area (Å²) < 4.78 is 5.88. The number of rotatable bonds is 5. The fraction of sp³-hybridized carbons (Fsp3) is 0.190. The summed E-state index contributed by atoms with van der Waals surface area (Å²) in [7, 11) is 0. The van der Waals surface area contributed by atoms with Crippen LogP contribution in [0, 0.1) is 11.3 Å². The van der Waals surface area contributed by atoms with Crippen LogP contribution in [0.3, 0.4) is 0 Å². The van der Waals surface area contributed by atoms with Gasteiger partial charge in [0.1, 0.15) is 6.61 Å². The molecule has 4 nitrogen and oxygen atoms in total. The Morgan fingerprint density at radius 2 is 1.67 bits per heavy atom. The summed E-state index contributed by atoms with van der Waals surface area (Å²) in [5.41, 5.74) is 3.17. The van der Waals surface area contributed by atoms with Crippen molar-refractivity contribution in [1.82, 2.24) is 9.97 Å². The first-order chi connectivity index (χ1) is 12.9. The van der Waals surface area contributed by atoms with Gasteiger partial charge in [-0.05, 0) is 41.8 Å². The van der Waals surface area contributed by atoms with Gasteiger partial charge in [0.15, 0.2) is 5.82 Å². The predicted molar refractivity (Wildman–Crippen MR) is 107 cm³/mol. The number of aromatic nitrogens is 2. The van der Waals surface area contributed by atoms with Crippen LogP contribution in [0.25, 0.3) is 11.4 Å². The summed E-state index contributed by atoms with van der Waals surface area (Å²) in [5.74, 6) is 1.20. The van der Waals surface area contributed by atoms with Crippen molar-refractivity contribution in [2.24, 2.45) is 0 Å². The van der Waals surface area contributed by atoms with Crippen molar-refractivity contribution in [3.05, 3.63) is 75.4 Å². The van der Waals surface area contributed by atoms with Crippen molar-refractivity contribution >= 4 is 23.2 Å². The highest BCUT2D eigenvalue weighted by atomic mass is 35.5. The molecule has 0 spiro atoms. The normalized spacial score (nSPS) is 10.7. The van der Waals surface area contributed by atoms with E-state index in [2.05, 4.69) is 29.9 Å². The van der Waals surface area contributed by atoms with Gasteiger partial charge >= 0.3 is 0 Å². The molecule has 0 atom stereocenters. The van der Waals surface area contributed by atoms with Gasteiger partial charge in [-0.3, -0.25) is 0 Å². The summed E-state index contributed by atoms with van der Waals surface area (Å²) in [6.07, 6.45) is 0. The molecule has 0 N–H and O–H groups in total. The first kappa shape index (κ1) is 19.2. The maximum Gasteiger partial charge on any atom is 0.217 e. The number of halogens is 2. The highest BCUT2D eigenvalue weighted by Crippen LogP contribution is 2.28. The van der Waals surface area contributed by atoms with E-state index >= 15 is 0 Å². The van der Waals surface area contributed by atoms with Crippen molar-refractivity contribution in [1.29, 1.82) is 5.26 Å². The van der Waals surface area contributed by atoms with Crippen molar-refractivity contribution in [2.45, 2.75) is 26.4 Å². The highest BCUT2D eigenvalue weighted by molar-refractivity contribution is 6.35. The van der Waals surface area contributed by atoms with Crippen molar-refractivity contribution in [2.75, 3.05) is 0 Å². The Kier molecular flexibility index (Phi) is 5.95. The van der Waals surface area contributed by atoms with Gasteiger partial charge < -0.3 is 4.74 Å². The van der Waals surface area contributed by atoms with E-state index in [4.69, 9.17) is 33.2 Å². The zero-order valence-corrected chi connectivity index (χ0v) is 16.4. The van der Waals surface area contributed by atoms with Crippen molar-refractivity contribution in [3.63, 3.8) is 0 Å². The van der Waals surface area contributed by atoms with Crippen LogP contribution in [0.4, 0.5) is 0 Å². The molecule has 136 valence electrons. The SMILES string of the molecule is CC(C)c1cc(OCc2ccc(C#N)cc2)nc(-c2cc(Cl)cc(Cl)c2)n1. The van der Waals surface area contributed by atoms with Crippen LogP contribution in [0.2, 0.25) is 10.0 Å². The van der Waals surface area contributed by atoms with E-state index < -0.39 is 0 Å². The molecule has 0 radical (unpaired) electrons. The minimum Gasteiger partial charge on any atom is -0.473 e. The molecule has 0 aliphatic rings. The number of hydrogen-bond donors (Lipinski definition) is 0. The Morgan fingerprint density at radius 1 is 1.00 bits per heavy atom.